The molecule has 12 heavy (non-hydrogen) atoms. The number of rotatable bonds is 3. The maximum absolute atomic E-state index is 6.13. The highest BCUT2D eigenvalue weighted by molar-refractivity contribution is 4.82. The first kappa shape index (κ1) is 10.0. The van der Waals surface area contributed by atoms with E-state index in [0.717, 1.165) is 11.8 Å². The van der Waals surface area contributed by atoms with Crippen molar-refractivity contribution in [2.24, 2.45) is 17.6 Å². The highest BCUT2D eigenvalue weighted by Gasteiger charge is 2.26. The van der Waals surface area contributed by atoms with Crippen molar-refractivity contribution in [2.45, 2.75) is 58.4 Å². The molecule has 0 aliphatic heterocycles. The standard InChI is InChI=1S/C11H23N/c1-3-9(4-2)10-7-5-6-8-11(10)12/h9-11H,3-8,12H2,1-2H3. The summed E-state index contributed by atoms with van der Waals surface area (Å²) in [7, 11) is 0. The summed E-state index contributed by atoms with van der Waals surface area (Å²) in [6, 6.07) is 0.503. The largest absolute Gasteiger partial charge is 0.327 e. The smallest absolute Gasteiger partial charge is 0.00698 e. The Morgan fingerprint density at radius 2 is 1.75 bits per heavy atom. The molecule has 1 aliphatic carbocycles. The minimum absolute atomic E-state index is 0.503. The van der Waals surface area contributed by atoms with Crippen LogP contribution >= 0.6 is 0 Å². The molecule has 0 heterocycles. The summed E-state index contributed by atoms with van der Waals surface area (Å²) in [5.41, 5.74) is 6.13. The van der Waals surface area contributed by atoms with Crippen LogP contribution in [0.15, 0.2) is 0 Å². The van der Waals surface area contributed by atoms with Gasteiger partial charge >= 0.3 is 0 Å². The van der Waals surface area contributed by atoms with Crippen molar-refractivity contribution in [3.8, 4) is 0 Å². The molecule has 1 heteroatoms. The molecular formula is C11H23N. The molecule has 0 amide bonds. The van der Waals surface area contributed by atoms with Gasteiger partial charge in [-0.25, -0.2) is 0 Å². The molecule has 2 atom stereocenters. The Labute approximate surface area is 76.7 Å². The van der Waals surface area contributed by atoms with Crippen LogP contribution in [-0.4, -0.2) is 6.04 Å². The van der Waals surface area contributed by atoms with Crippen LogP contribution in [0.25, 0.3) is 0 Å². The fourth-order valence-electron chi connectivity index (χ4n) is 2.67. The van der Waals surface area contributed by atoms with Gasteiger partial charge in [-0.3, -0.25) is 0 Å². The predicted molar refractivity (Wildman–Crippen MR) is 54.0 cm³/mol. The first-order valence-electron chi connectivity index (χ1n) is 5.55. The first-order chi connectivity index (χ1) is 5.79. The summed E-state index contributed by atoms with van der Waals surface area (Å²) < 4.78 is 0. The van der Waals surface area contributed by atoms with Gasteiger partial charge in [-0.1, -0.05) is 39.5 Å². The van der Waals surface area contributed by atoms with E-state index in [-0.39, 0.29) is 0 Å². The molecule has 0 spiro atoms. The van der Waals surface area contributed by atoms with Gasteiger partial charge < -0.3 is 5.73 Å². The van der Waals surface area contributed by atoms with Gasteiger partial charge in [0.25, 0.3) is 0 Å². The zero-order valence-corrected chi connectivity index (χ0v) is 8.55. The molecule has 1 aliphatic rings. The molecule has 1 nitrogen and oxygen atoms in total. The van der Waals surface area contributed by atoms with E-state index < -0.39 is 0 Å². The Morgan fingerprint density at radius 1 is 1.17 bits per heavy atom. The van der Waals surface area contributed by atoms with Crippen LogP contribution in [-0.2, 0) is 0 Å². The normalized spacial score (nSPS) is 31.0. The van der Waals surface area contributed by atoms with Gasteiger partial charge in [0.1, 0.15) is 0 Å². The van der Waals surface area contributed by atoms with Gasteiger partial charge in [0, 0.05) is 6.04 Å². The van der Waals surface area contributed by atoms with Gasteiger partial charge in [-0.15, -0.1) is 0 Å². The third kappa shape index (κ3) is 2.22. The molecule has 0 radical (unpaired) electrons. The van der Waals surface area contributed by atoms with E-state index in [1.807, 2.05) is 0 Å². The van der Waals surface area contributed by atoms with Gasteiger partial charge in [0.2, 0.25) is 0 Å². The van der Waals surface area contributed by atoms with Crippen molar-refractivity contribution >= 4 is 0 Å². The van der Waals surface area contributed by atoms with Crippen molar-refractivity contribution in [3.05, 3.63) is 0 Å². The summed E-state index contributed by atoms with van der Waals surface area (Å²) in [5, 5.41) is 0. The fourth-order valence-corrected chi connectivity index (χ4v) is 2.67. The molecule has 1 rings (SSSR count). The number of hydrogen-bond acceptors (Lipinski definition) is 1. The van der Waals surface area contributed by atoms with Crippen molar-refractivity contribution in [3.63, 3.8) is 0 Å². The molecule has 1 fully saturated rings. The highest BCUT2D eigenvalue weighted by atomic mass is 14.7. The molecule has 2 N–H and O–H groups in total. The van der Waals surface area contributed by atoms with Crippen molar-refractivity contribution < 1.29 is 0 Å². The van der Waals surface area contributed by atoms with E-state index in [0.29, 0.717) is 6.04 Å². The Hall–Kier alpha value is -0.0400. The van der Waals surface area contributed by atoms with Gasteiger partial charge in [-0.2, -0.15) is 0 Å². The lowest BCUT2D eigenvalue weighted by Crippen LogP contribution is -2.37. The first-order valence-corrected chi connectivity index (χ1v) is 5.55. The van der Waals surface area contributed by atoms with Crippen LogP contribution in [0.5, 0.6) is 0 Å². The Bertz CT molecular complexity index is 118. The van der Waals surface area contributed by atoms with Crippen molar-refractivity contribution in [2.75, 3.05) is 0 Å². The van der Waals surface area contributed by atoms with E-state index in [4.69, 9.17) is 5.73 Å². The fraction of sp³-hybridized carbons (Fsp3) is 1.00. The van der Waals surface area contributed by atoms with Gasteiger partial charge in [0.15, 0.2) is 0 Å². The monoisotopic (exact) mass is 169 g/mol. The lowest BCUT2D eigenvalue weighted by molar-refractivity contribution is 0.204. The third-order valence-corrected chi connectivity index (χ3v) is 3.53. The zero-order valence-electron chi connectivity index (χ0n) is 8.55. The summed E-state index contributed by atoms with van der Waals surface area (Å²) in [5.74, 6) is 1.72. The molecular weight excluding hydrogens is 146 g/mol. The van der Waals surface area contributed by atoms with Crippen molar-refractivity contribution in [1.82, 2.24) is 0 Å². The summed E-state index contributed by atoms with van der Waals surface area (Å²) in [6.07, 6.45) is 8.05. The maximum Gasteiger partial charge on any atom is 0.00698 e. The van der Waals surface area contributed by atoms with E-state index >= 15 is 0 Å². The molecule has 1 saturated carbocycles. The summed E-state index contributed by atoms with van der Waals surface area (Å²) in [6.45, 7) is 4.60. The van der Waals surface area contributed by atoms with E-state index in [1.54, 1.807) is 0 Å². The lowest BCUT2D eigenvalue weighted by atomic mass is 9.75. The lowest BCUT2D eigenvalue weighted by Gasteiger charge is -2.34. The molecule has 0 bridgehead atoms. The van der Waals surface area contributed by atoms with Crippen molar-refractivity contribution in [1.29, 1.82) is 0 Å². The second-order valence-corrected chi connectivity index (χ2v) is 4.19. The summed E-state index contributed by atoms with van der Waals surface area (Å²) in [4.78, 5) is 0. The van der Waals surface area contributed by atoms with E-state index in [9.17, 15) is 0 Å². The molecule has 0 aromatic rings. The molecule has 2 unspecified atom stereocenters. The van der Waals surface area contributed by atoms with Crippen LogP contribution in [0.2, 0.25) is 0 Å². The molecule has 0 saturated heterocycles. The van der Waals surface area contributed by atoms with Gasteiger partial charge in [-0.05, 0) is 24.7 Å². The summed E-state index contributed by atoms with van der Waals surface area (Å²) >= 11 is 0. The minimum atomic E-state index is 0.503. The maximum atomic E-state index is 6.13. The third-order valence-electron chi connectivity index (χ3n) is 3.53. The zero-order chi connectivity index (χ0) is 8.97. The molecule has 0 aromatic heterocycles. The highest BCUT2D eigenvalue weighted by Crippen LogP contribution is 2.32. The van der Waals surface area contributed by atoms with Crippen LogP contribution in [0, 0.1) is 11.8 Å². The Balaban J connectivity index is 2.45. The molecule has 0 aromatic carbocycles. The number of hydrogen-bond donors (Lipinski definition) is 1. The topological polar surface area (TPSA) is 26.0 Å². The predicted octanol–water partition coefficient (Wildman–Crippen LogP) is 2.94. The average molecular weight is 169 g/mol. The second-order valence-electron chi connectivity index (χ2n) is 4.19. The quantitative estimate of drug-likeness (QED) is 0.690. The minimum Gasteiger partial charge on any atom is -0.327 e. The SMILES string of the molecule is CCC(CC)C1CCCCC1N. The Morgan fingerprint density at radius 3 is 2.25 bits per heavy atom. The second kappa shape index (κ2) is 4.86. The number of nitrogens with two attached hydrogens (primary N) is 1. The van der Waals surface area contributed by atoms with Crippen LogP contribution in [0.1, 0.15) is 52.4 Å². The van der Waals surface area contributed by atoms with E-state index in [1.165, 1.54) is 38.5 Å². The average Bonchev–Trinajstić information content (AvgIpc) is 2.10. The van der Waals surface area contributed by atoms with Crippen LogP contribution < -0.4 is 5.73 Å². The Kier molecular flexibility index (Phi) is 4.07. The van der Waals surface area contributed by atoms with Gasteiger partial charge in [0.05, 0.1) is 0 Å². The van der Waals surface area contributed by atoms with E-state index in [2.05, 4.69) is 13.8 Å². The van der Waals surface area contributed by atoms with Crippen LogP contribution in [0.4, 0.5) is 0 Å². The molecule has 72 valence electrons. The van der Waals surface area contributed by atoms with Crippen LogP contribution in [0.3, 0.4) is 0 Å².